The molecular formula is C15H17ClFN5. The molecule has 5 nitrogen and oxygen atoms in total. The van der Waals surface area contributed by atoms with E-state index in [2.05, 4.69) is 32.3 Å². The molecule has 22 heavy (non-hydrogen) atoms. The monoisotopic (exact) mass is 321 g/mol. The van der Waals surface area contributed by atoms with E-state index in [4.69, 9.17) is 11.6 Å². The smallest absolute Gasteiger partial charge is 0.247 e. The van der Waals surface area contributed by atoms with Crippen LogP contribution in [0.4, 0.5) is 21.8 Å². The molecule has 0 bridgehead atoms. The number of hydrogen-bond donors (Lipinski definition) is 1. The summed E-state index contributed by atoms with van der Waals surface area (Å²) >= 11 is 5.78. The number of aromatic nitrogens is 3. The van der Waals surface area contributed by atoms with Gasteiger partial charge in [0.1, 0.15) is 5.82 Å². The van der Waals surface area contributed by atoms with E-state index < -0.39 is 5.82 Å². The fourth-order valence-electron chi connectivity index (χ4n) is 2.58. The van der Waals surface area contributed by atoms with E-state index in [1.54, 1.807) is 6.07 Å². The lowest BCUT2D eigenvalue weighted by Gasteiger charge is -2.30. The summed E-state index contributed by atoms with van der Waals surface area (Å²) in [6, 6.07) is 4.43. The predicted molar refractivity (Wildman–Crippen MR) is 85.1 cm³/mol. The van der Waals surface area contributed by atoms with Crippen molar-refractivity contribution in [1.29, 1.82) is 0 Å². The number of rotatable bonds is 3. The predicted octanol–water partition coefficient (Wildman–Crippen LogP) is 3.64. The highest BCUT2D eigenvalue weighted by Gasteiger charge is 2.19. The van der Waals surface area contributed by atoms with Crippen molar-refractivity contribution >= 4 is 29.1 Å². The minimum absolute atomic E-state index is 0.0668. The molecule has 0 aliphatic carbocycles. The number of nitrogens with zero attached hydrogens (tertiary/aromatic N) is 4. The van der Waals surface area contributed by atoms with Gasteiger partial charge in [-0.15, -0.1) is 5.10 Å². The first-order chi connectivity index (χ1) is 10.6. The highest BCUT2D eigenvalue weighted by molar-refractivity contribution is 6.31. The molecule has 1 aromatic carbocycles. The van der Waals surface area contributed by atoms with E-state index in [9.17, 15) is 4.39 Å². The number of nitrogens with one attached hydrogen (secondary N) is 1. The van der Waals surface area contributed by atoms with Gasteiger partial charge < -0.3 is 10.2 Å². The highest BCUT2D eigenvalue weighted by atomic mass is 35.5. The fourth-order valence-corrected chi connectivity index (χ4v) is 2.76. The maximum atomic E-state index is 13.2. The third kappa shape index (κ3) is 3.44. The summed E-state index contributed by atoms with van der Waals surface area (Å²) in [6.07, 6.45) is 3.90. The Balaban J connectivity index is 1.77. The van der Waals surface area contributed by atoms with E-state index in [-0.39, 0.29) is 5.02 Å². The molecule has 0 spiro atoms. The van der Waals surface area contributed by atoms with Crippen molar-refractivity contribution in [2.24, 2.45) is 5.92 Å². The van der Waals surface area contributed by atoms with Crippen LogP contribution in [0, 0.1) is 11.7 Å². The van der Waals surface area contributed by atoms with Crippen LogP contribution in [0.15, 0.2) is 24.4 Å². The second-order valence-corrected chi connectivity index (χ2v) is 6.00. The summed E-state index contributed by atoms with van der Waals surface area (Å²) in [7, 11) is 0. The van der Waals surface area contributed by atoms with Gasteiger partial charge in [-0.05, 0) is 37.0 Å². The standard InChI is InChI=1S/C15H17ClFN5/c1-10-3-2-6-22(9-10)15-20-14(8-18-21-15)19-11-4-5-13(17)12(16)7-11/h4-5,7-8,10H,2-3,6,9H2,1H3,(H,19,20,21). The van der Waals surface area contributed by atoms with Crippen LogP contribution in [-0.4, -0.2) is 28.3 Å². The molecule has 1 aliphatic heterocycles. The lowest BCUT2D eigenvalue weighted by atomic mass is 10.0. The van der Waals surface area contributed by atoms with E-state index >= 15 is 0 Å². The van der Waals surface area contributed by atoms with Crippen molar-refractivity contribution in [1.82, 2.24) is 15.2 Å². The van der Waals surface area contributed by atoms with Gasteiger partial charge in [0.15, 0.2) is 5.82 Å². The van der Waals surface area contributed by atoms with Crippen LogP contribution in [0.2, 0.25) is 5.02 Å². The molecule has 1 aromatic heterocycles. The zero-order chi connectivity index (χ0) is 15.5. The van der Waals surface area contributed by atoms with Gasteiger partial charge >= 0.3 is 0 Å². The molecule has 0 radical (unpaired) electrons. The van der Waals surface area contributed by atoms with Gasteiger partial charge in [-0.2, -0.15) is 10.1 Å². The van der Waals surface area contributed by atoms with E-state index in [0.29, 0.717) is 23.4 Å². The minimum Gasteiger partial charge on any atom is -0.339 e. The normalized spacial score (nSPS) is 18.3. The van der Waals surface area contributed by atoms with Gasteiger partial charge in [0, 0.05) is 18.8 Å². The van der Waals surface area contributed by atoms with Gasteiger partial charge in [0.05, 0.1) is 11.2 Å². The van der Waals surface area contributed by atoms with Crippen LogP contribution in [-0.2, 0) is 0 Å². The molecular weight excluding hydrogens is 305 g/mol. The zero-order valence-electron chi connectivity index (χ0n) is 12.3. The van der Waals surface area contributed by atoms with Crippen molar-refractivity contribution in [3.63, 3.8) is 0 Å². The second kappa shape index (κ2) is 6.44. The van der Waals surface area contributed by atoms with Gasteiger partial charge in [0.25, 0.3) is 0 Å². The Kier molecular flexibility index (Phi) is 4.38. The van der Waals surface area contributed by atoms with Crippen molar-refractivity contribution in [2.45, 2.75) is 19.8 Å². The Morgan fingerprint density at radius 2 is 2.27 bits per heavy atom. The first-order valence-electron chi connectivity index (χ1n) is 7.28. The SMILES string of the molecule is CC1CCCN(c2nncc(Nc3ccc(F)c(Cl)c3)n2)C1. The fraction of sp³-hybridized carbons (Fsp3) is 0.400. The molecule has 116 valence electrons. The van der Waals surface area contributed by atoms with Crippen LogP contribution in [0.1, 0.15) is 19.8 Å². The largest absolute Gasteiger partial charge is 0.339 e. The summed E-state index contributed by atoms with van der Waals surface area (Å²) in [5.74, 6) is 1.36. The molecule has 1 aliphatic rings. The number of anilines is 3. The van der Waals surface area contributed by atoms with Crippen LogP contribution in [0.5, 0.6) is 0 Å². The maximum absolute atomic E-state index is 13.2. The summed E-state index contributed by atoms with van der Waals surface area (Å²) in [4.78, 5) is 6.63. The minimum atomic E-state index is -0.448. The first-order valence-corrected chi connectivity index (χ1v) is 7.66. The van der Waals surface area contributed by atoms with Gasteiger partial charge in [-0.25, -0.2) is 4.39 Å². The molecule has 1 atom stereocenters. The summed E-state index contributed by atoms with van der Waals surface area (Å²) in [5.41, 5.74) is 0.657. The zero-order valence-corrected chi connectivity index (χ0v) is 13.0. The topological polar surface area (TPSA) is 53.9 Å². The lowest BCUT2D eigenvalue weighted by Crippen LogP contribution is -2.35. The van der Waals surface area contributed by atoms with Gasteiger partial charge in [0.2, 0.25) is 5.95 Å². The van der Waals surface area contributed by atoms with Crippen molar-refractivity contribution < 1.29 is 4.39 Å². The molecule has 7 heteroatoms. The third-order valence-electron chi connectivity index (χ3n) is 3.68. The molecule has 2 heterocycles. The third-order valence-corrected chi connectivity index (χ3v) is 3.97. The average Bonchev–Trinajstić information content (AvgIpc) is 2.51. The number of halogens is 2. The number of hydrogen-bond acceptors (Lipinski definition) is 5. The highest BCUT2D eigenvalue weighted by Crippen LogP contribution is 2.23. The summed E-state index contributed by atoms with van der Waals surface area (Å²) < 4.78 is 13.2. The first kappa shape index (κ1) is 15.0. The second-order valence-electron chi connectivity index (χ2n) is 5.59. The van der Waals surface area contributed by atoms with Crippen LogP contribution in [0.25, 0.3) is 0 Å². The summed E-state index contributed by atoms with van der Waals surface area (Å²) in [5, 5.41) is 11.2. The maximum Gasteiger partial charge on any atom is 0.247 e. The molecule has 1 fully saturated rings. The molecule has 3 rings (SSSR count). The average molecular weight is 322 g/mol. The molecule has 1 N–H and O–H groups in total. The van der Waals surface area contributed by atoms with Crippen molar-refractivity contribution in [3.8, 4) is 0 Å². The van der Waals surface area contributed by atoms with E-state index in [1.165, 1.54) is 24.8 Å². The molecule has 1 saturated heterocycles. The lowest BCUT2D eigenvalue weighted by molar-refractivity contribution is 0.441. The van der Waals surface area contributed by atoms with Gasteiger partial charge in [-0.1, -0.05) is 18.5 Å². The van der Waals surface area contributed by atoms with Crippen LogP contribution >= 0.6 is 11.6 Å². The Hall–Kier alpha value is -1.95. The number of benzene rings is 1. The molecule has 2 aromatic rings. The Labute approximate surface area is 133 Å². The Bertz CT molecular complexity index is 666. The number of piperidine rings is 1. The molecule has 0 saturated carbocycles. The van der Waals surface area contributed by atoms with Crippen molar-refractivity contribution in [2.75, 3.05) is 23.3 Å². The van der Waals surface area contributed by atoms with Crippen LogP contribution < -0.4 is 10.2 Å². The molecule has 1 unspecified atom stereocenters. The quantitative estimate of drug-likeness (QED) is 0.935. The summed E-state index contributed by atoms with van der Waals surface area (Å²) in [6.45, 7) is 4.10. The van der Waals surface area contributed by atoms with Gasteiger partial charge in [-0.3, -0.25) is 0 Å². The van der Waals surface area contributed by atoms with E-state index in [1.807, 2.05) is 0 Å². The van der Waals surface area contributed by atoms with E-state index in [0.717, 1.165) is 19.5 Å². The Morgan fingerprint density at radius 3 is 3.05 bits per heavy atom. The van der Waals surface area contributed by atoms with Crippen LogP contribution in [0.3, 0.4) is 0 Å². The van der Waals surface area contributed by atoms with Crippen molar-refractivity contribution in [3.05, 3.63) is 35.2 Å². The molecule has 0 amide bonds. The Morgan fingerprint density at radius 1 is 1.41 bits per heavy atom.